The van der Waals surface area contributed by atoms with Gasteiger partial charge in [0.2, 0.25) is 0 Å². The minimum Gasteiger partial charge on any atom is -0.481 e. The van der Waals surface area contributed by atoms with Gasteiger partial charge in [0.05, 0.1) is 0 Å². The van der Waals surface area contributed by atoms with Crippen LogP contribution >= 0.6 is 0 Å². The van der Waals surface area contributed by atoms with E-state index < -0.39 is 5.97 Å². The van der Waals surface area contributed by atoms with Crippen molar-refractivity contribution in [3.05, 3.63) is 0 Å². The lowest BCUT2D eigenvalue weighted by molar-refractivity contribution is -0.138. The van der Waals surface area contributed by atoms with Gasteiger partial charge in [0.25, 0.3) is 0 Å². The molecule has 82 valence electrons. The summed E-state index contributed by atoms with van der Waals surface area (Å²) in [5, 5.41) is 8.64. The van der Waals surface area contributed by atoms with Crippen molar-refractivity contribution in [2.24, 2.45) is 11.8 Å². The summed E-state index contributed by atoms with van der Waals surface area (Å²) in [4.78, 5) is 21.3. The highest BCUT2D eigenvalue weighted by molar-refractivity contribution is 5.75. The van der Waals surface area contributed by atoms with E-state index in [2.05, 4.69) is 0 Å². The van der Waals surface area contributed by atoms with Gasteiger partial charge in [-0.15, -0.1) is 0 Å². The molecule has 0 fully saturated rings. The number of carbonyl (C=O) groups excluding carboxylic acids is 1. The highest BCUT2D eigenvalue weighted by atomic mass is 16.4. The number of carbonyl (C=O) groups is 2. The zero-order valence-electron chi connectivity index (χ0n) is 9.25. The van der Waals surface area contributed by atoms with E-state index >= 15 is 0 Å². The Balaban J connectivity index is 3.98. The third kappa shape index (κ3) is 5.73. The average Bonchev–Trinajstić information content (AvgIpc) is 2.03. The topological polar surface area (TPSA) is 54.4 Å². The Kier molecular flexibility index (Phi) is 6.17. The van der Waals surface area contributed by atoms with E-state index in [9.17, 15) is 9.59 Å². The number of hydrogen-bond acceptors (Lipinski definition) is 2. The van der Waals surface area contributed by atoms with Gasteiger partial charge in [-0.1, -0.05) is 20.3 Å². The molecule has 0 aromatic heterocycles. The molecule has 1 N–H and O–H groups in total. The molecule has 3 heteroatoms. The summed E-state index contributed by atoms with van der Waals surface area (Å²) in [7, 11) is 0. The third-order valence-corrected chi connectivity index (χ3v) is 2.69. The first kappa shape index (κ1) is 13.1. The molecule has 0 aliphatic rings. The van der Waals surface area contributed by atoms with Crippen LogP contribution in [0.25, 0.3) is 0 Å². The van der Waals surface area contributed by atoms with Crippen LogP contribution in [0, 0.1) is 11.8 Å². The second-order valence-corrected chi connectivity index (χ2v) is 3.98. The average molecular weight is 200 g/mol. The molecular weight excluding hydrogens is 180 g/mol. The summed E-state index contributed by atoms with van der Waals surface area (Å²) >= 11 is 0. The number of carboxylic acids is 1. The summed E-state index contributed by atoms with van der Waals surface area (Å²) in [6.45, 7) is 5.57. The molecule has 2 unspecified atom stereocenters. The van der Waals surface area contributed by atoms with Crippen molar-refractivity contribution in [3.8, 4) is 0 Å². The highest BCUT2D eigenvalue weighted by Gasteiger charge is 2.18. The van der Waals surface area contributed by atoms with Crippen LogP contribution in [0.15, 0.2) is 0 Å². The summed E-state index contributed by atoms with van der Waals surface area (Å²) in [6, 6.07) is 0. The van der Waals surface area contributed by atoms with Crippen LogP contribution in [0.1, 0.15) is 46.5 Å². The number of carboxylic acid groups (broad SMARTS) is 1. The molecule has 0 heterocycles. The van der Waals surface area contributed by atoms with E-state index in [-0.39, 0.29) is 18.1 Å². The third-order valence-electron chi connectivity index (χ3n) is 2.69. The van der Waals surface area contributed by atoms with E-state index in [0.717, 1.165) is 12.8 Å². The van der Waals surface area contributed by atoms with Gasteiger partial charge in [0.15, 0.2) is 0 Å². The molecule has 0 aromatic carbocycles. The van der Waals surface area contributed by atoms with Crippen molar-refractivity contribution in [1.29, 1.82) is 0 Å². The van der Waals surface area contributed by atoms with Crippen LogP contribution in [0.3, 0.4) is 0 Å². The minimum atomic E-state index is -0.751. The lowest BCUT2D eigenvalue weighted by atomic mass is 9.85. The molecule has 0 aliphatic heterocycles. The van der Waals surface area contributed by atoms with Crippen LogP contribution in [0.5, 0.6) is 0 Å². The molecular formula is C11H20O3. The summed E-state index contributed by atoms with van der Waals surface area (Å²) in [5.41, 5.74) is 0. The Morgan fingerprint density at radius 2 is 1.93 bits per heavy atom. The Bertz CT molecular complexity index is 199. The number of rotatable bonds is 7. The minimum absolute atomic E-state index is 0.164. The Hall–Kier alpha value is -0.860. The first-order valence-electron chi connectivity index (χ1n) is 5.18. The SMILES string of the molecule is CCC(CCC(C)=O)C(C)CC(=O)O. The molecule has 0 aromatic rings. The van der Waals surface area contributed by atoms with Gasteiger partial charge in [-0.05, 0) is 25.2 Å². The lowest BCUT2D eigenvalue weighted by Crippen LogP contribution is -2.15. The zero-order valence-corrected chi connectivity index (χ0v) is 9.25. The van der Waals surface area contributed by atoms with Crippen LogP contribution in [0.2, 0.25) is 0 Å². The number of hydrogen-bond donors (Lipinski definition) is 1. The quantitative estimate of drug-likeness (QED) is 0.687. The number of aliphatic carboxylic acids is 1. The second kappa shape index (κ2) is 6.57. The second-order valence-electron chi connectivity index (χ2n) is 3.98. The maximum absolute atomic E-state index is 10.8. The van der Waals surface area contributed by atoms with Crippen LogP contribution in [-0.4, -0.2) is 16.9 Å². The number of ketones is 1. The predicted octanol–water partition coefficient (Wildman–Crippen LogP) is 2.49. The van der Waals surface area contributed by atoms with Gasteiger partial charge in [0, 0.05) is 12.8 Å². The maximum Gasteiger partial charge on any atom is 0.303 e. The van der Waals surface area contributed by atoms with Gasteiger partial charge in [-0.3, -0.25) is 4.79 Å². The lowest BCUT2D eigenvalue weighted by Gasteiger charge is -2.20. The standard InChI is InChI=1S/C11H20O3/c1-4-10(6-5-9(3)12)8(2)7-11(13)14/h8,10H,4-7H2,1-3H3,(H,13,14). The van der Waals surface area contributed by atoms with E-state index in [4.69, 9.17) is 5.11 Å². The van der Waals surface area contributed by atoms with E-state index in [1.807, 2.05) is 13.8 Å². The molecule has 3 nitrogen and oxygen atoms in total. The van der Waals surface area contributed by atoms with Crippen molar-refractivity contribution in [1.82, 2.24) is 0 Å². The molecule has 0 amide bonds. The predicted molar refractivity (Wildman–Crippen MR) is 55.1 cm³/mol. The Morgan fingerprint density at radius 3 is 2.29 bits per heavy atom. The first-order valence-corrected chi connectivity index (χ1v) is 5.18. The van der Waals surface area contributed by atoms with E-state index in [1.54, 1.807) is 6.92 Å². The van der Waals surface area contributed by atoms with Crippen molar-refractivity contribution in [2.75, 3.05) is 0 Å². The fourth-order valence-electron chi connectivity index (χ4n) is 1.72. The molecule has 0 bridgehead atoms. The highest BCUT2D eigenvalue weighted by Crippen LogP contribution is 2.23. The van der Waals surface area contributed by atoms with Crippen LogP contribution in [-0.2, 0) is 9.59 Å². The van der Waals surface area contributed by atoms with Crippen molar-refractivity contribution < 1.29 is 14.7 Å². The molecule has 0 saturated carbocycles. The van der Waals surface area contributed by atoms with E-state index in [0.29, 0.717) is 12.3 Å². The smallest absolute Gasteiger partial charge is 0.303 e. The zero-order chi connectivity index (χ0) is 11.1. The molecule has 0 radical (unpaired) electrons. The van der Waals surface area contributed by atoms with E-state index in [1.165, 1.54) is 0 Å². The molecule has 14 heavy (non-hydrogen) atoms. The monoisotopic (exact) mass is 200 g/mol. The molecule has 0 spiro atoms. The fraction of sp³-hybridized carbons (Fsp3) is 0.818. The van der Waals surface area contributed by atoms with Crippen molar-refractivity contribution in [2.45, 2.75) is 46.5 Å². The summed E-state index contributed by atoms with van der Waals surface area (Å²) in [5.74, 6) is -0.0448. The fourth-order valence-corrected chi connectivity index (χ4v) is 1.72. The molecule has 0 aliphatic carbocycles. The van der Waals surface area contributed by atoms with Crippen molar-refractivity contribution in [3.63, 3.8) is 0 Å². The molecule has 0 rings (SSSR count). The normalized spacial score (nSPS) is 14.8. The Morgan fingerprint density at radius 1 is 1.36 bits per heavy atom. The van der Waals surface area contributed by atoms with Crippen LogP contribution in [0.4, 0.5) is 0 Å². The Labute approximate surface area is 85.5 Å². The van der Waals surface area contributed by atoms with Gasteiger partial charge in [-0.25, -0.2) is 0 Å². The van der Waals surface area contributed by atoms with Gasteiger partial charge in [0.1, 0.15) is 5.78 Å². The number of Topliss-reactive ketones (excluding diaryl/α,β-unsaturated/α-hetero) is 1. The first-order chi connectivity index (χ1) is 6.47. The summed E-state index contributed by atoms with van der Waals surface area (Å²) < 4.78 is 0. The van der Waals surface area contributed by atoms with Gasteiger partial charge >= 0.3 is 5.97 Å². The molecule has 2 atom stereocenters. The maximum atomic E-state index is 10.8. The van der Waals surface area contributed by atoms with Crippen LogP contribution < -0.4 is 0 Å². The van der Waals surface area contributed by atoms with Crippen molar-refractivity contribution >= 4 is 11.8 Å². The van der Waals surface area contributed by atoms with Gasteiger partial charge in [-0.2, -0.15) is 0 Å². The largest absolute Gasteiger partial charge is 0.481 e. The molecule has 0 saturated heterocycles. The summed E-state index contributed by atoms with van der Waals surface area (Å²) in [6.07, 6.45) is 2.54. The van der Waals surface area contributed by atoms with Gasteiger partial charge < -0.3 is 9.90 Å².